The minimum Gasteiger partial charge on any atom is -0.465 e. The third-order valence-electron chi connectivity index (χ3n) is 3.60. The molecule has 1 aromatic rings. The zero-order valence-corrected chi connectivity index (χ0v) is 14.4. The van der Waals surface area contributed by atoms with Crippen LogP contribution in [0.15, 0.2) is 23.1 Å². The van der Waals surface area contributed by atoms with Crippen molar-refractivity contribution in [3.8, 4) is 0 Å². The van der Waals surface area contributed by atoms with Crippen LogP contribution in [0.3, 0.4) is 0 Å². The van der Waals surface area contributed by atoms with E-state index in [4.69, 9.17) is 27.9 Å². The number of esters is 1. The van der Waals surface area contributed by atoms with E-state index < -0.39 is 21.5 Å². The predicted octanol–water partition coefficient (Wildman–Crippen LogP) is 3.15. The molecule has 0 unspecified atom stereocenters. The molecule has 22 heavy (non-hydrogen) atoms. The van der Waals surface area contributed by atoms with Crippen molar-refractivity contribution in [3.05, 3.63) is 28.2 Å². The van der Waals surface area contributed by atoms with Gasteiger partial charge in [0, 0.05) is 10.0 Å². The first-order valence-corrected chi connectivity index (χ1v) is 9.20. The molecule has 1 aliphatic carbocycles. The SMILES string of the molecule is CCOC(=O)C1(NS(=O)(=O)c2cc(Cl)cc(Cl)c2)CCCC1. The van der Waals surface area contributed by atoms with Gasteiger partial charge < -0.3 is 4.74 Å². The van der Waals surface area contributed by atoms with Crippen molar-refractivity contribution in [1.82, 2.24) is 4.72 Å². The van der Waals surface area contributed by atoms with Crippen LogP contribution in [0.25, 0.3) is 0 Å². The average molecular weight is 366 g/mol. The first-order valence-electron chi connectivity index (χ1n) is 6.96. The second kappa shape index (κ2) is 6.74. The van der Waals surface area contributed by atoms with Crippen LogP contribution < -0.4 is 4.72 Å². The number of carbonyl (C=O) groups excluding carboxylic acids is 1. The van der Waals surface area contributed by atoms with E-state index in [-0.39, 0.29) is 21.5 Å². The third kappa shape index (κ3) is 3.74. The van der Waals surface area contributed by atoms with Gasteiger partial charge in [-0.1, -0.05) is 36.0 Å². The minimum atomic E-state index is -3.93. The summed E-state index contributed by atoms with van der Waals surface area (Å²) in [6, 6.07) is 4.03. The molecule has 0 bridgehead atoms. The molecule has 122 valence electrons. The van der Waals surface area contributed by atoms with Crippen molar-refractivity contribution in [2.24, 2.45) is 0 Å². The van der Waals surface area contributed by atoms with Crippen molar-refractivity contribution in [1.29, 1.82) is 0 Å². The van der Waals surface area contributed by atoms with Crippen molar-refractivity contribution in [2.45, 2.75) is 43.0 Å². The van der Waals surface area contributed by atoms with Gasteiger partial charge in [0.1, 0.15) is 5.54 Å². The van der Waals surface area contributed by atoms with Crippen molar-refractivity contribution in [2.75, 3.05) is 6.61 Å². The lowest BCUT2D eigenvalue weighted by molar-refractivity contribution is -0.150. The van der Waals surface area contributed by atoms with Crippen molar-refractivity contribution in [3.63, 3.8) is 0 Å². The maximum Gasteiger partial charge on any atom is 0.327 e. The lowest BCUT2D eigenvalue weighted by atomic mass is 10.00. The Morgan fingerprint density at radius 3 is 2.27 bits per heavy atom. The van der Waals surface area contributed by atoms with Crippen LogP contribution >= 0.6 is 23.2 Å². The van der Waals surface area contributed by atoms with Gasteiger partial charge in [0.2, 0.25) is 10.0 Å². The van der Waals surface area contributed by atoms with E-state index in [0.29, 0.717) is 12.8 Å². The number of halogens is 2. The molecule has 0 aliphatic heterocycles. The molecule has 8 heteroatoms. The topological polar surface area (TPSA) is 72.5 Å². The summed E-state index contributed by atoms with van der Waals surface area (Å²) in [5.74, 6) is -0.538. The Morgan fingerprint density at radius 2 is 1.77 bits per heavy atom. The molecule has 1 saturated carbocycles. The molecule has 0 radical (unpaired) electrons. The second-order valence-electron chi connectivity index (χ2n) is 5.22. The average Bonchev–Trinajstić information content (AvgIpc) is 2.87. The zero-order valence-electron chi connectivity index (χ0n) is 12.1. The summed E-state index contributed by atoms with van der Waals surface area (Å²) in [6.45, 7) is 1.89. The van der Waals surface area contributed by atoms with Gasteiger partial charge >= 0.3 is 5.97 Å². The first-order chi connectivity index (χ1) is 10.3. The lowest BCUT2D eigenvalue weighted by Crippen LogP contribution is -2.53. The first kappa shape index (κ1) is 17.5. The summed E-state index contributed by atoms with van der Waals surface area (Å²) in [7, 11) is -3.93. The van der Waals surface area contributed by atoms with E-state index in [1.807, 2.05) is 0 Å². The molecular formula is C14H17Cl2NO4S. The molecule has 1 fully saturated rings. The van der Waals surface area contributed by atoms with Crippen LogP contribution in [-0.2, 0) is 19.6 Å². The molecule has 0 heterocycles. The molecular weight excluding hydrogens is 349 g/mol. The van der Waals surface area contributed by atoms with Gasteiger partial charge in [-0.15, -0.1) is 0 Å². The van der Waals surface area contributed by atoms with E-state index in [2.05, 4.69) is 4.72 Å². The summed E-state index contributed by atoms with van der Waals surface area (Å²) in [5, 5.41) is 0.425. The largest absolute Gasteiger partial charge is 0.465 e. The van der Waals surface area contributed by atoms with Crippen LogP contribution in [0.4, 0.5) is 0 Å². The molecule has 5 nitrogen and oxygen atoms in total. The molecule has 1 aromatic carbocycles. The monoisotopic (exact) mass is 365 g/mol. The van der Waals surface area contributed by atoms with Gasteiger partial charge in [-0.05, 0) is 38.0 Å². The summed E-state index contributed by atoms with van der Waals surface area (Å²) in [5.41, 5.74) is -1.20. The fourth-order valence-electron chi connectivity index (χ4n) is 2.60. The number of hydrogen-bond acceptors (Lipinski definition) is 4. The molecule has 0 amide bonds. The summed E-state index contributed by atoms with van der Waals surface area (Å²) < 4.78 is 32.7. The van der Waals surface area contributed by atoms with E-state index >= 15 is 0 Å². The maximum absolute atomic E-state index is 12.6. The Labute approximate surface area is 140 Å². The van der Waals surface area contributed by atoms with Crippen LogP contribution in [0, 0.1) is 0 Å². The molecule has 1 aliphatic rings. The van der Waals surface area contributed by atoms with Gasteiger partial charge in [-0.3, -0.25) is 4.79 Å². The van der Waals surface area contributed by atoms with Gasteiger partial charge in [-0.2, -0.15) is 4.72 Å². The number of rotatable bonds is 5. The highest BCUT2D eigenvalue weighted by atomic mass is 35.5. The van der Waals surface area contributed by atoms with Gasteiger partial charge in [0.05, 0.1) is 11.5 Å². The molecule has 0 aromatic heterocycles. The number of sulfonamides is 1. The van der Waals surface area contributed by atoms with Crippen LogP contribution in [0.5, 0.6) is 0 Å². The van der Waals surface area contributed by atoms with E-state index in [1.165, 1.54) is 18.2 Å². The maximum atomic E-state index is 12.6. The van der Waals surface area contributed by atoms with Crippen LogP contribution in [0.2, 0.25) is 10.0 Å². The highest BCUT2D eigenvalue weighted by molar-refractivity contribution is 7.89. The molecule has 1 N–H and O–H groups in total. The van der Waals surface area contributed by atoms with Crippen molar-refractivity contribution < 1.29 is 17.9 Å². The minimum absolute atomic E-state index is 0.0689. The molecule has 0 atom stereocenters. The smallest absolute Gasteiger partial charge is 0.327 e. The van der Waals surface area contributed by atoms with Gasteiger partial charge in [0.15, 0.2) is 0 Å². The van der Waals surface area contributed by atoms with E-state index in [0.717, 1.165) is 12.8 Å². The van der Waals surface area contributed by atoms with Crippen LogP contribution in [-0.4, -0.2) is 26.5 Å². The third-order valence-corrected chi connectivity index (χ3v) is 5.55. The Kier molecular flexibility index (Phi) is 5.37. The van der Waals surface area contributed by atoms with E-state index in [1.54, 1.807) is 6.92 Å². The molecule has 0 spiro atoms. The van der Waals surface area contributed by atoms with Crippen molar-refractivity contribution >= 4 is 39.2 Å². The van der Waals surface area contributed by atoms with Gasteiger partial charge in [0.25, 0.3) is 0 Å². The highest BCUT2D eigenvalue weighted by Crippen LogP contribution is 2.33. The van der Waals surface area contributed by atoms with Gasteiger partial charge in [-0.25, -0.2) is 8.42 Å². The normalized spacial score (nSPS) is 17.4. The standard InChI is InChI=1S/C14H17Cl2NO4S/c1-2-21-13(18)14(5-3-4-6-14)17-22(19,20)12-8-10(15)7-11(16)9-12/h7-9,17H,2-6H2,1H3. The number of benzene rings is 1. The highest BCUT2D eigenvalue weighted by Gasteiger charge is 2.45. The Bertz CT molecular complexity index is 649. The Balaban J connectivity index is 2.34. The predicted molar refractivity (Wildman–Crippen MR) is 84.6 cm³/mol. The summed E-state index contributed by atoms with van der Waals surface area (Å²) in [6.07, 6.45) is 2.36. The quantitative estimate of drug-likeness (QED) is 0.813. The summed E-state index contributed by atoms with van der Waals surface area (Å²) >= 11 is 11.7. The number of ether oxygens (including phenoxy) is 1. The van der Waals surface area contributed by atoms with Crippen LogP contribution in [0.1, 0.15) is 32.6 Å². The summed E-state index contributed by atoms with van der Waals surface area (Å²) in [4.78, 5) is 12.1. The second-order valence-corrected chi connectivity index (χ2v) is 7.78. The Morgan fingerprint density at radius 1 is 1.23 bits per heavy atom. The Hall–Kier alpha value is -0.820. The molecule has 0 saturated heterocycles. The fraction of sp³-hybridized carbons (Fsp3) is 0.500. The fourth-order valence-corrected chi connectivity index (χ4v) is 4.73. The lowest BCUT2D eigenvalue weighted by Gasteiger charge is -2.27. The number of hydrogen-bond donors (Lipinski definition) is 1. The number of nitrogens with one attached hydrogen (secondary N) is 1. The van der Waals surface area contributed by atoms with E-state index in [9.17, 15) is 13.2 Å². The molecule has 2 rings (SSSR count). The number of carbonyl (C=O) groups is 1. The zero-order chi connectivity index (χ0) is 16.4.